The molecule has 1 aromatic carbocycles. The third-order valence-electron chi connectivity index (χ3n) is 3.33. The minimum atomic E-state index is -0.751. The number of hydrogen-bond donors (Lipinski definition) is 0. The molecule has 1 aliphatic heterocycles. The molecule has 4 nitrogen and oxygen atoms in total. The van der Waals surface area contributed by atoms with Crippen LogP contribution in [0.2, 0.25) is 0 Å². The first-order chi connectivity index (χ1) is 9.90. The molecule has 0 aliphatic carbocycles. The fourth-order valence-electron chi connectivity index (χ4n) is 2.43. The Labute approximate surface area is 123 Å². The lowest BCUT2D eigenvalue weighted by Crippen LogP contribution is -2.24. The number of ether oxygens (including phenoxy) is 3. The van der Waals surface area contributed by atoms with Crippen LogP contribution in [0.15, 0.2) is 35.6 Å². The van der Waals surface area contributed by atoms with Crippen LogP contribution < -0.4 is 0 Å². The van der Waals surface area contributed by atoms with E-state index in [1.54, 1.807) is 12.1 Å². The van der Waals surface area contributed by atoms with Gasteiger partial charge in [0.05, 0.1) is 13.7 Å². The van der Waals surface area contributed by atoms with Crippen LogP contribution in [0.25, 0.3) is 0 Å². The summed E-state index contributed by atoms with van der Waals surface area (Å²) >= 11 is 0. The number of methoxy groups -OCH3 is 1. The zero-order valence-electron chi connectivity index (χ0n) is 12.6. The van der Waals surface area contributed by atoms with Gasteiger partial charge in [-0.15, -0.1) is 0 Å². The van der Waals surface area contributed by atoms with E-state index in [1.807, 2.05) is 20.8 Å². The molecular formula is C16H19FO4. The summed E-state index contributed by atoms with van der Waals surface area (Å²) in [6.07, 6.45) is -0.630. The van der Waals surface area contributed by atoms with E-state index in [9.17, 15) is 9.18 Å². The number of rotatable bonds is 4. The van der Waals surface area contributed by atoms with Crippen molar-refractivity contribution in [3.8, 4) is 0 Å². The highest BCUT2D eigenvalue weighted by molar-refractivity contribution is 5.91. The predicted molar refractivity (Wildman–Crippen MR) is 75.0 cm³/mol. The van der Waals surface area contributed by atoms with Gasteiger partial charge in [-0.2, -0.15) is 0 Å². The summed E-state index contributed by atoms with van der Waals surface area (Å²) < 4.78 is 29.5. The Hall–Kier alpha value is -1.88. The van der Waals surface area contributed by atoms with Gasteiger partial charge >= 0.3 is 5.97 Å². The van der Waals surface area contributed by atoms with Crippen LogP contribution in [0.3, 0.4) is 0 Å². The Kier molecular flexibility index (Phi) is 4.32. The molecule has 1 atom stereocenters. The van der Waals surface area contributed by atoms with E-state index >= 15 is 0 Å². The van der Waals surface area contributed by atoms with Crippen LogP contribution >= 0.6 is 0 Å². The van der Waals surface area contributed by atoms with Gasteiger partial charge in [0.2, 0.25) is 0 Å². The molecule has 1 aliphatic rings. The molecule has 0 saturated carbocycles. The number of halogens is 1. The summed E-state index contributed by atoms with van der Waals surface area (Å²) in [7, 11) is 1.31. The number of carbonyl (C=O) groups excluding carboxylic acids is 1. The number of benzene rings is 1. The van der Waals surface area contributed by atoms with Crippen molar-refractivity contribution in [3.63, 3.8) is 0 Å². The quantitative estimate of drug-likeness (QED) is 0.800. The SMILES string of the molecule is CCOC1=C(C(=O)OC)[C@H](c2ccc(F)cc2)OC1(C)C. The third-order valence-corrected chi connectivity index (χ3v) is 3.33. The van der Waals surface area contributed by atoms with Gasteiger partial charge < -0.3 is 14.2 Å². The summed E-state index contributed by atoms with van der Waals surface area (Å²) in [4.78, 5) is 12.1. The van der Waals surface area contributed by atoms with E-state index in [0.29, 0.717) is 23.5 Å². The first-order valence-corrected chi connectivity index (χ1v) is 6.79. The van der Waals surface area contributed by atoms with Crippen molar-refractivity contribution in [2.75, 3.05) is 13.7 Å². The van der Waals surface area contributed by atoms with Crippen molar-refractivity contribution in [3.05, 3.63) is 47.0 Å². The Morgan fingerprint density at radius 1 is 1.33 bits per heavy atom. The van der Waals surface area contributed by atoms with E-state index < -0.39 is 17.7 Å². The van der Waals surface area contributed by atoms with Crippen LogP contribution in [0.5, 0.6) is 0 Å². The summed E-state index contributed by atoms with van der Waals surface area (Å²) in [5.41, 5.74) is 0.258. The van der Waals surface area contributed by atoms with Gasteiger partial charge in [0.15, 0.2) is 0 Å². The van der Waals surface area contributed by atoms with Gasteiger partial charge in [-0.25, -0.2) is 9.18 Å². The molecule has 114 valence electrons. The van der Waals surface area contributed by atoms with E-state index in [0.717, 1.165) is 0 Å². The highest BCUT2D eigenvalue weighted by Crippen LogP contribution is 2.44. The molecule has 5 heteroatoms. The molecule has 1 heterocycles. The van der Waals surface area contributed by atoms with Gasteiger partial charge in [0.25, 0.3) is 0 Å². The summed E-state index contributed by atoms with van der Waals surface area (Å²) in [6.45, 7) is 5.90. The van der Waals surface area contributed by atoms with Crippen LogP contribution in [0.1, 0.15) is 32.4 Å². The Morgan fingerprint density at radius 2 is 1.95 bits per heavy atom. The molecule has 0 fully saturated rings. The molecule has 0 radical (unpaired) electrons. The number of esters is 1. The van der Waals surface area contributed by atoms with E-state index in [4.69, 9.17) is 14.2 Å². The molecule has 0 N–H and O–H groups in total. The fraction of sp³-hybridized carbons (Fsp3) is 0.438. The lowest BCUT2D eigenvalue weighted by molar-refractivity contribution is -0.137. The van der Waals surface area contributed by atoms with Crippen LogP contribution in [0.4, 0.5) is 4.39 Å². The molecule has 0 unspecified atom stereocenters. The molecule has 21 heavy (non-hydrogen) atoms. The van der Waals surface area contributed by atoms with Crippen molar-refractivity contribution >= 4 is 5.97 Å². The van der Waals surface area contributed by atoms with E-state index in [1.165, 1.54) is 19.2 Å². The molecular weight excluding hydrogens is 275 g/mol. The van der Waals surface area contributed by atoms with Crippen molar-refractivity contribution in [2.24, 2.45) is 0 Å². The standard InChI is InChI=1S/C16H19FO4/c1-5-20-14-12(15(18)19-4)13(21-16(14,2)3)10-6-8-11(17)9-7-10/h6-9,13H,5H2,1-4H3/t13-/m0/s1. The second kappa shape index (κ2) is 5.85. The van der Waals surface area contributed by atoms with Crippen molar-refractivity contribution in [1.82, 2.24) is 0 Å². The average Bonchev–Trinajstić information content (AvgIpc) is 2.71. The molecule has 2 rings (SSSR count). The number of hydrogen-bond acceptors (Lipinski definition) is 4. The minimum Gasteiger partial charge on any atom is -0.494 e. The number of carbonyl (C=O) groups is 1. The predicted octanol–water partition coefficient (Wildman–Crippen LogP) is 3.14. The highest BCUT2D eigenvalue weighted by atomic mass is 19.1. The molecule has 0 aromatic heterocycles. The molecule has 0 spiro atoms. The molecule has 0 saturated heterocycles. The van der Waals surface area contributed by atoms with E-state index in [2.05, 4.69) is 0 Å². The summed E-state index contributed by atoms with van der Waals surface area (Å²) in [5.74, 6) is -0.380. The van der Waals surface area contributed by atoms with Gasteiger partial charge in [0.1, 0.15) is 28.9 Å². The van der Waals surface area contributed by atoms with Gasteiger partial charge in [-0.1, -0.05) is 12.1 Å². The molecule has 1 aromatic rings. The maximum absolute atomic E-state index is 13.1. The largest absolute Gasteiger partial charge is 0.494 e. The Balaban J connectivity index is 2.50. The normalized spacial score (nSPS) is 20.5. The smallest absolute Gasteiger partial charge is 0.340 e. The Morgan fingerprint density at radius 3 is 2.48 bits per heavy atom. The first-order valence-electron chi connectivity index (χ1n) is 6.79. The summed E-state index contributed by atoms with van der Waals surface area (Å²) in [6, 6.07) is 5.85. The van der Waals surface area contributed by atoms with Gasteiger partial charge in [-0.3, -0.25) is 0 Å². The Bertz CT molecular complexity index is 560. The topological polar surface area (TPSA) is 44.8 Å². The first kappa shape index (κ1) is 15.5. The average molecular weight is 294 g/mol. The minimum absolute atomic E-state index is 0.330. The highest BCUT2D eigenvalue weighted by Gasteiger charge is 2.46. The van der Waals surface area contributed by atoms with Crippen LogP contribution in [0, 0.1) is 5.82 Å². The monoisotopic (exact) mass is 294 g/mol. The van der Waals surface area contributed by atoms with Crippen LogP contribution in [-0.4, -0.2) is 25.3 Å². The summed E-state index contributed by atoms with van der Waals surface area (Å²) in [5, 5.41) is 0. The van der Waals surface area contributed by atoms with Crippen molar-refractivity contribution < 1.29 is 23.4 Å². The van der Waals surface area contributed by atoms with Crippen molar-refractivity contribution in [2.45, 2.75) is 32.5 Å². The van der Waals surface area contributed by atoms with E-state index in [-0.39, 0.29) is 5.82 Å². The zero-order chi connectivity index (χ0) is 15.6. The second-order valence-corrected chi connectivity index (χ2v) is 5.23. The maximum Gasteiger partial charge on any atom is 0.340 e. The van der Waals surface area contributed by atoms with Crippen molar-refractivity contribution in [1.29, 1.82) is 0 Å². The maximum atomic E-state index is 13.1. The fourth-order valence-corrected chi connectivity index (χ4v) is 2.43. The van der Waals surface area contributed by atoms with Crippen LogP contribution in [-0.2, 0) is 19.0 Å². The third kappa shape index (κ3) is 2.93. The van der Waals surface area contributed by atoms with Gasteiger partial charge in [0, 0.05) is 0 Å². The lowest BCUT2D eigenvalue weighted by Gasteiger charge is -2.23. The van der Waals surface area contributed by atoms with Gasteiger partial charge in [-0.05, 0) is 38.5 Å². The second-order valence-electron chi connectivity index (χ2n) is 5.23. The molecule has 0 amide bonds. The lowest BCUT2D eigenvalue weighted by atomic mass is 9.99. The molecule has 0 bridgehead atoms. The zero-order valence-corrected chi connectivity index (χ0v) is 12.6.